The van der Waals surface area contributed by atoms with E-state index >= 15 is 0 Å². The van der Waals surface area contributed by atoms with E-state index in [1.54, 1.807) is 0 Å². The molecule has 0 saturated heterocycles. The Morgan fingerprint density at radius 1 is 0.353 bits per heavy atom. The number of para-hydroxylation sites is 1. The summed E-state index contributed by atoms with van der Waals surface area (Å²) in [6, 6.07) is 64.5. The van der Waals surface area contributed by atoms with Crippen molar-refractivity contribution < 1.29 is 0 Å². The van der Waals surface area contributed by atoms with E-state index in [2.05, 4.69) is 209 Å². The second-order valence-corrected chi connectivity index (χ2v) is 15.0. The molecule has 0 radical (unpaired) electrons. The fourth-order valence-corrected chi connectivity index (χ4v) is 8.35. The number of hydrogen-bond acceptors (Lipinski definition) is 1. The topological polar surface area (TPSA) is 3.24 Å². The molecule has 0 amide bonds. The zero-order chi connectivity index (χ0) is 34.7. The van der Waals surface area contributed by atoms with Crippen molar-refractivity contribution in [3.05, 3.63) is 187 Å². The van der Waals surface area contributed by atoms with Gasteiger partial charge in [0, 0.05) is 17.1 Å². The highest BCUT2D eigenvalue weighted by Gasteiger charge is 2.44. The van der Waals surface area contributed by atoms with Gasteiger partial charge >= 0.3 is 0 Å². The maximum Gasteiger partial charge on any atom is 0.0467 e. The molecular weight excluding hydrogens is 615 g/mol. The summed E-state index contributed by atoms with van der Waals surface area (Å²) in [6.45, 7) is 9.66. The zero-order valence-corrected chi connectivity index (χ0v) is 29.7. The third-order valence-electron chi connectivity index (χ3n) is 11.8. The van der Waals surface area contributed by atoms with Gasteiger partial charge in [-0.05, 0) is 119 Å². The summed E-state index contributed by atoms with van der Waals surface area (Å²) in [5, 5.41) is 5.44. The number of nitrogens with zero attached hydrogens (tertiary/aromatic N) is 1. The van der Waals surface area contributed by atoms with Gasteiger partial charge in [-0.25, -0.2) is 0 Å². The first-order valence-electron chi connectivity index (χ1n) is 18.0. The maximum absolute atomic E-state index is 2.42. The predicted molar refractivity (Wildman–Crippen MR) is 218 cm³/mol. The molecule has 1 heteroatoms. The average molecular weight is 656 g/mol. The van der Waals surface area contributed by atoms with Crippen LogP contribution in [0.4, 0.5) is 17.1 Å². The minimum Gasteiger partial charge on any atom is -0.310 e. The second-order valence-electron chi connectivity index (χ2n) is 15.0. The lowest BCUT2D eigenvalue weighted by atomic mass is 9.56. The van der Waals surface area contributed by atoms with Crippen molar-refractivity contribution in [1.82, 2.24) is 0 Å². The first-order valence-corrected chi connectivity index (χ1v) is 18.0. The molecule has 1 aliphatic rings. The molecule has 1 nitrogen and oxygen atoms in total. The smallest absolute Gasteiger partial charge is 0.0467 e. The van der Waals surface area contributed by atoms with Crippen molar-refractivity contribution in [3.8, 4) is 33.4 Å². The first kappa shape index (κ1) is 31.1. The maximum atomic E-state index is 2.42. The van der Waals surface area contributed by atoms with Gasteiger partial charge in [0.1, 0.15) is 0 Å². The molecule has 0 fully saturated rings. The standard InChI is InChI=1S/C50H41N/c1-49(2)45-25-13-19-39-33-44(43-24-14-26-46(50(49,3)4)48(43)47(39)45)38-18-12-23-42(32-38)51(40-20-9-6-10-21-40)41-22-11-17-37(31-41)36-29-27-35(28-30-36)34-15-7-5-8-16-34/h5-33H,1-4H3. The number of benzene rings is 8. The van der Waals surface area contributed by atoms with Crippen LogP contribution in [0.25, 0.3) is 54.9 Å². The van der Waals surface area contributed by atoms with Crippen molar-refractivity contribution in [2.75, 3.05) is 4.90 Å². The van der Waals surface area contributed by atoms with Crippen LogP contribution in [0, 0.1) is 0 Å². The molecule has 0 spiro atoms. The Kier molecular flexibility index (Phi) is 7.22. The fraction of sp³-hybridized carbons (Fsp3) is 0.120. The summed E-state index contributed by atoms with van der Waals surface area (Å²) >= 11 is 0. The summed E-state index contributed by atoms with van der Waals surface area (Å²) in [5.41, 5.74) is 13.6. The van der Waals surface area contributed by atoms with Crippen molar-refractivity contribution >= 4 is 38.6 Å². The van der Waals surface area contributed by atoms with Gasteiger partial charge in [0.25, 0.3) is 0 Å². The third-order valence-corrected chi connectivity index (χ3v) is 11.8. The molecule has 246 valence electrons. The Labute approximate surface area is 301 Å². The van der Waals surface area contributed by atoms with Crippen LogP contribution in [-0.4, -0.2) is 0 Å². The zero-order valence-electron chi connectivity index (χ0n) is 29.7. The van der Waals surface area contributed by atoms with Gasteiger partial charge in [-0.1, -0.05) is 161 Å². The van der Waals surface area contributed by atoms with Crippen LogP contribution in [0.2, 0.25) is 0 Å². The minimum atomic E-state index is -0.0226. The van der Waals surface area contributed by atoms with Crippen molar-refractivity contribution in [2.24, 2.45) is 0 Å². The number of rotatable bonds is 6. The van der Waals surface area contributed by atoms with E-state index in [1.165, 1.54) is 66.1 Å². The molecule has 0 aromatic heterocycles. The van der Waals surface area contributed by atoms with Crippen LogP contribution >= 0.6 is 0 Å². The fourth-order valence-electron chi connectivity index (χ4n) is 8.35. The first-order chi connectivity index (χ1) is 24.8. The summed E-state index contributed by atoms with van der Waals surface area (Å²) in [7, 11) is 0. The number of anilines is 3. The van der Waals surface area contributed by atoms with Crippen molar-refractivity contribution in [2.45, 2.75) is 38.5 Å². The van der Waals surface area contributed by atoms with Gasteiger partial charge in [-0.15, -0.1) is 0 Å². The molecule has 0 aliphatic heterocycles. The Balaban J connectivity index is 1.18. The van der Waals surface area contributed by atoms with Gasteiger partial charge in [0.05, 0.1) is 0 Å². The Morgan fingerprint density at radius 3 is 1.49 bits per heavy atom. The van der Waals surface area contributed by atoms with Gasteiger partial charge < -0.3 is 4.90 Å². The van der Waals surface area contributed by atoms with E-state index < -0.39 is 0 Å². The second kappa shape index (κ2) is 11.9. The quantitative estimate of drug-likeness (QED) is 0.161. The van der Waals surface area contributed by atoms with Crippen LogP contribution in [-0.2, 0) is 10.8 Å². The molecule has 0 N–H and O–H groups in total. The van der Waals surface area contributed by atoms with Crippen LogP contribution < -0.4 is 4.90 Å². The SMILES string of the molecule is CC1(C)c2cccc3cc(-c4cccc(N(c5ccccc5)c5cccc(-c6ccc(-c7ccccc7)cc6)c5)c4)c4cccc(c4c23)C1(C)C. The summed E-state index contributed by atoms with van der Waals surface area (Å²) in [5.74, 6) is 0. The molecule has 8 aromatic carbocycles. The Morgan fingerprint density at radius 2 is 0.824 bits per heavy atom. The van der Waals surface area contributed by atoms with Gasteiger partial charge in [0.15, 0.2) is 0 Å². The van der Waals surface area contributed by atoms with Crippen molar-refractivity contribution in [1.29, 1.82) is 0 Å². The van der Waals surface area contributed by atoms with Gasteiger partial charge in [-0.2, -0.15) is 0 Å². The van der Waals surface area contributed by atoms with Gasteiger partial charge in [-0.3, -0.25) is 0 Å². The largest absolute Gasteiger partial charge is 0.310 e. The van der Waals surface area contributed by atoms with Crippen LogP contribution in [0.15, 0.2) is 176 Å². The van der Waals surface area contributed by atoms with Crippen LogP contribution in [0.1, 0.15) is 38.8 Å². The van der Waals surface area contributed by atoms with Crippen LogP contribution in [0.3, 0.4) is 0 Å². The van der Waals surface area contributed by atoms with E-state index in [9.17, 15) is 0 Å². The highest BCUT2D eigenvalue weighted by molar-refractivity contribution is 6.18. The highest BCUT2D eigenvalue weighted by Crippen LogP contribution is 2.55. The Hall–Kier alpha value is -5.92. The lowest BCUT2D eigenvalue weighted by molar-refractivity contribution is 0.304. The number of hydrogen-bond donors (Lipinski definition) is 0. The Bertz CT molecular complexity index is 2560. The van der Waals surface area contributed by atoms with Crippen molar-refractivity contribution in [3.63, 3.8) is 0 Å². The summed E-state index contributed by atoms with van der Waals surface area (Å²) in [4.78, 5) is 2.38. The molecule has 51 heavy (non-hydrogen) atoms. The third kappa shape index (κ3) is 4.99. The minimum absolute atomic E-state index is 0.00385. The molecule has 1 aliphatic carbocycles. The molecular formula is C50H41N. The van der Waals surface area contributed by atoms with E-state index in [0.717, 1.165) is 17.1 Å². The monoisotopic (exact) mass is 655 g/mol. The van der Waals surface area contributed by atoms with E-state index in [1.807, 2.05) is 0 Å². The normalized spacial score (nSPS) is 14.2. The predicted octanol–water partition coefficient (Wildman–Crippen LogP) is 14.0. The van der Waals surface area contributed by atoms with Gasteiger partial charge in [0.2, 0.25) is 0 Å². The van der Waals surface area contributed by atoms with E-state index in [0.29, 0.717) is 0 Å². The lowest BCUT2D eigenvalue weighted by Crippen LogP contribution is -2.42. The molecule has 0 unspecified atom stereocenters. The molecule has 0 atom stereocenters. The molecule has 0 saturated carbocycles. The summed E-state index contributed by atoms with van der Waals surface area (Å²) in [6.07, 6.45) is 0. The molecule has 8 aromatic rings. The summed E-state index contributed by atoms with van der Waals surface area (Å²) < 4.78 is 0. The molecule has 0 bridgehead atoms. The lowest BCUT2D eigenvalue weighted by Gasteiger charge is -2.47. The average Bonchev–Trinajstić information content (AvgIpc) is 3.17. The highest BCUT2D eigenvalue weighted by atomic mass is 15.1. The molecule has 0 heterocycles. The molecule has 9 rings (SSSR count). The van der Waals surface area contributed by atoms with Crippen LogP contribution in [0.5, 0.6) is 0 Å². The van der Waals surface area contributed by atoms with E-state index in [-0.39, 0.29) is 10.8 Å². The van der Waals surface area contributed by atoms with E-state index in [4.69, 9.17) is 0 Å².